The Morgan fingerprint density at radius 3 is 2.38 bits per heavy atom. The number of benzene rings is 1. The minimum atomic E-state index is 0.126. The van der Waals surface area contributed by atoms with E-state index in [-0.39, 0.29) is 5.91 Å². The summed E-state index contributed by atoms with van der Waals surface area (Å²) in [6.07, 6.45) is 0.991. The second-order valence-electron chi connectivity index (χ2n) is 3.85. The molecule has 3 heteroatoms. The van der Waals surface area contributed by atoms with Crippen molar-refractivity contribution in [3.63, 3.8) is 0 Å². The first kappa shape index (κ1) is 13.2. The van der Waals surface area contributed by atoms with E-state index in [0.29, 0.717) is 0 Å². The number of hydrogen-bond acceptors (Lipinski definition) is 1. The van der Waals surface area contributed by atoms with Gasteiger partial charge in [0.15, 0.2) is 0 Å². The number of rotatable bonds is 5. The van der Waals surface area contributed by atoms with E-state index in [4.69, 9.17) is 0 Å². The molecule has 0 unspecified atom stereocenters. The Bertz CT molecular complexity index is 328. The molecule has 0 fully saturated rings. The van der Waals surface area contributed by atoms with Gasteiger partial charge < -0.3 is 4.90 Å². The molecule has 2 nitrogen and oxygen atoms in total. The number of alkyl halides is 1. The lowest BCUT2D eigenvalue weighted by Crippen LogP contribution is -2.33. The summed E-state index contributed by atoms with van der Waals surface area (Å²) < 4.78 is 0. The SMILES string of the molecule is CCCN(CCBr)C(=O)c1ccc(C)cc1. The Kier molecular flexibility index (Phi) is 5.53. The van der Waals surface area contributed by atoms with Gasteiger partial charge in [-0.05, 0) is 25.5 Å². The average molecular weight is 284 g/mol. The zero-order chi connectivity index (χ0) is 12.0. The lowest BCUT2D eigenvalue weighted by Gasteiger charge is -2.21. The Balaban J connectivity index is 2.77. The highest BCUT2D eigenvalue weighted by Crippen LogP contribution is 2.08. The maximum atomic E-state index is 12.1. The third kappa shape index (κ3) is 3.63. The van der Waals surface area contributed by atoms with Crippen LogP contribution in [0.15, 0.2) is 24.3 Å². The van der Waals surface area contributed by atoms with Crippen LogP contribution < -0.4 is 0 Å². The van der Waals surface area contributed by atoms with Crippen LogP contribution in [0.1, 0.15) is 29.3 Å². The average Bonchev–Trinajstić information content (AvgIpc) is 2.29. The molecule has 0 atom stereocenters. The van der Waals surface area contributed by atoms with E-state index in [1.165, 1.54) is 5.56 Å². The van der Waals surface area contributed by atoms with E-state index >= 15 is 0 Å². The van der Waals surface area contributed by atoms with Gasteiger partial charge in [0.25, 0.3) is 5.91 Å². The Labute approximate surface area is 106 Å². The Morgan fingerprint density at radius 1 is 1.25 bits per heavy atom. The predicted molar refractivity (Wildman–Crippen MR) is 71.2 cm³/mol. The van der Waals surface area contributed by atoms with Crippen molar-refractivity contribution < 1.29 is 4.79 Å². The third-order valence-electron chi connectivity index (χ3n) is 2.43. The molecule has 0 aromatic heterocycles. The number of amides is 1. The predicted octanol–water partition coefficient (Wildman–Crippen LogP) is 3.24. The number of carbonyl (C=O) groups excluding carboxylic acids is 1. The normalized spacial score (nSPS) is 10.2. The molecule has 0 heterocycles. The van der Waals surface area contributed by atoms with Crippen molar-refractivity contribution in [1.29, 1.82) is 0 Å². The third-order valence-corrected chi connectivity index (χ3v) is 2.79. The minimum Gasteiger partial charge on any atom is -0.338 e. The maximum absolute atomic E-state index is 12.1. The van der Waals surface area contributed by atoms with Crippen molar-refractivity contribution in [2.24, 2.45) is 0 Å². The van der Waals surface area contributed by atoms with Crippen LogP contribution in [0.5, 0.6) is 0 Å². The van der Waals surface area contributed by atoms with Crippen LogP contribution in [-0.4, -0.2) is 29.2 Å². The summed E-state index contributed by atoms with van der Waals surface area (Å²) in [7, 11) is 0. The second kappa shape index (κ2) is 6.69. The molecular formula is C13H18BrNO. The van der Waals surface area contributed by atoms with E-state index in [9.17, 15) is 4.79 Å². The van der Waals surface area contributed by atoms with E-state index < -0.39 is 0 Å². The molecule has 0 aliphatic rings. The summed E-state index contributed by atoms with van der Waals surface area (Å²) in [6.45, 7) is 5.69. The minimum absolute atomic E-state index is 0.126. The van der Waals surface area contributed by atoms with Gasteiger partial charge in [0.05, 0.1) is 0 Å². The lowest BCUT2D eigenvalue weighted by molar-refractivity contribution is 0.0766. The Hall–Kier alpha value is -0.830. The first-order valence-electron chi connectivity index (χ1n) is 5.61. The van der Waals surface area contributed by atoms with E-state index in [0.717, 1.165) is 30.4 Å². The van der Waals surface area contributed by atoms with Crippen LogP contribution in [0.3, 0.4) is 0 Å². The first-order valence-corrected chi connectivity index (χ1v) is 6.73. The molecule has 0 N–H and O–H groups in total. The Morgan fingerprint density at radius 2 is 1.88 bits per heavy atom. The fourth-order valence-electron chi connectivity index (χ4n) is 1.57. The van der Waals surface area contributed by atoms with E-state index in [1.807, 2.05) is 36.1 Å². The summed E-state index contributed by atoms with van der Waals surface area (Å²) in [6, 6.07) is 7.75. The molecule has 0 saturated carbocycles. The van der Waals surface area contributed by atoms with Crippen LogP contribution in [0, 0.1) is 6.92 Å². The standard InChI is InChI=1S/C13H18BrNO/c1-3-9-15(10-8-14)13(16)12-6-4-11(2)5-7-12/h4-7H,3,8-10H2,1-2H3. The van der Waals surface area contributed by atoms with Crippen LogP contribution in [0.4, 0.5) is 0 Å². The lowest BCUT2D eigenvalue weighted by atomic mass is 10.1. The zero-order valence-corrected chi connectivity index (χ0v) is 11.5. The van der Waals surface area contributed by atoms with Gasteiger partial charge in [-0.2, -0.15) is 0 Å². The highest BCUT2D eigenvalue weighted by Gasteiger charge is 2.13. The first-order chi connectivity index (χ1) is 7.69. The monoisotopic (exact) mass is 283 g/mol. The van der Waals surface area contributed by atoms with Crippen molar-refractivity contribution in [3.8, 4) is 0 Å². The molecule has 88 valence electrons. The zero-order valence-electron chi connectivity index (χ0n) is 9.87. The summed E-state index contributed by atoms with van der Waals surface area (Å²) in [5.74, 6) is 0.126. The van der Waals surface area contributed by atoms with Gasteiger partial charge in [-0.25, -0.2) is 0 Å². The highest BCUT2D eigenvalue weighted by molar-refractivity contribution is 9.09. The quantitative estimate of drug-likeness (QED) is 0.760. The number of nitrogens with zero attached hydrogens (tertiary/aromatic N) is 1. The largest absolute Gasteiger partial charge is 0.338 e. The summed E-state index contributed by atoms with van der Waals surface area (Å²) in [4.78, 5) is 14.0. The fourth-order valence-corrected chi connectivity index (χ4v) is 1.99. The number of halogens is 1. The fraction of sp³-hybridized carbons (Fsp3) is 0.462. The van der Waals surface area contributed by atoms with Crippen LogP contribution in [0.25, 0.3) is 0 Å². The molecule has 0 spiro atoms. The van der Waals surface area contributed by atoms with Crippen LogP contribution >= 0.6 is 15.9 Å². The molecule has 0 bridgehead atoms. The smallest absolute Gasteiger partial charge is 0.253 e. The highest BCUT2D eigenvalue weighted by atomic mass is 79.9. The van der Waals surface area contributed by atoms with Gasteiger partial charge in [-0.1, -0.05) is 40.5 Å². The van der Waals surface area contributed by atoms with E-state index in [2.05, 4.69) is 22.9 Å². The van der Waals surface area contributed by atoms with E-state index in [1.54, 1.807) is 0 Å². The van der Waals surface area contributed by atoms with Crippen molar-refractivity contribution >= 4 is 21.8 Å². The topological polar surface area (TPSA) is 20.3 Å². The number of hydrogen-bond donors (Lipinski definition) is 0. The van der Waals surface area contributed by atoms with Crippen molar-refractivity contribution in [2.75, 3.05) is 18.4 Å². The van der Waals surface area contributed by atoms with Gasteiger partial charge in [0.2, 0.25) is 0 Å². The van der Waals surface area contributed by atoms with Crippen molar-refractivity contribution in [3.05, 3.63) is 35.4 Å². The van der Waals surface area contributed by atoms with Crippen LogP contribution in [0.2, 0.25) is 0 Å². The molecule has 1 rings (SSSR count). The molecular weight excluding hydrogens is 266 g/mol. The molecule has 16 heavy (non-hydrogen) atoms. The van der Waals surface area contributed by atoms with Crippen LogP contribution in [-0.2, 0) is 0 Å². The van der Waals surface area contributed by atoms with Crippen molar-refractivity contribution in [1.82, 2.24) is 4.90 Å². The molecule has 0 aliphatic heterocycles. The number of carbonyl (C=O) groups is 1. The molecule has 0 saturated heterocycles. The summed E-state index contributed by atoms with van der Waals surface area (Å²) in [5, 5.41) is 0.824. The van der Waals surface area contributed by atoms with Gasteiger partial charge in [0, 0.05) is 24.0 Å². The maximum Gasteiger partial charge on any atom is 0.253 e. The molecule has 1 aromatic rings. The second-order valence-corrected chi connectivity index (χ2v) is 4.64. The summed E-state index contributed by atoms with van der Waals surface area (Å²) in [5.41, 5.74) is 1.96. The van der Waals surface area contributed by atoms with Gasteiger partial charge in [0.1, 0.15) is 0 Å². The summed E-state index contributed by atoms with van der Waals surface area (Å²) >= 11 is 3.38. The molecule has 1 aromatic carbocycles. The van der Waals surface area contributed by atoms with Gasteiger partial charge in [-0.15, -0.1) is 0 Å². The van der Waals surface area contributed by atoms with Gasteiger partial charge in [-0.3, -0.25) is 4.79 Å². The number of aryl methyl sites for hydroxylation is 1. The van der Waals surface area contributed by atoms with Crippen molar-refractivity contribution in [2.45, 2.75) is 20.3 Å². The molecule has 0 radical (unpaired) electrons. The molecule has 1 amide bonds. The van der Waals surface area contributed by atoms with Gasteiger partial charge >= 0.3 is 0 Å². The molecule has 0 aliphatic carbocycles.